The predicted molar refractivity (Wildman–Crippen MR) is 59.1 cm³/mol. The summed E-state index contributed by atoms with van der Waals surface area (Å²) in [6.45, 7) is 5.60. The maximum atomic E-state index is 11.7. The predicted octanol–water partition coefficient (Wildman–Crippen LogP) is 2.60. The van der Waals surface area contributed by atoms with E-state index in [1.165, 1.54) is 0 Å². The quantitative estimate of drug-likeness (QED) is 0.527. The van der Waals surface area contributed by atoms with Crippen LogP contribution in [0.15, 0.2) is 24.3 Å². The third kappa shape index (κ3) is 2.88. The Hall–Kier alpha value is -0.760. The lowest BCUT2D eigenvalue weighted by molar-refractivity contribution is -0.129. The van der Waals surface area contributed by atoms with Crippen LogP contribution >= 0.6 is 11.6 Å². The monoisotopic (exact) mass is 213 g/mol. The van der Waals surface area contributed by atoms with Crippen molar-refractivity contribution in [3.8, 4) is 0 Å². The van der Waals surface area contributed by atoms with Gasteiger partial charge in [-0.1, -0.05) is 50.6 Å². The lowest BCUT2D eigenvalue weighted by Gasteiger charge is -2.29. The zero-order valence-electron chi connectivity index (χ0n) is 8.80. The maximum absolute atomic E-state index is 11.7. The number of carbonyl (C=O) groups is 1. The molecule has 0 aromatic heterocycles. The smallest absolute Gasteiger partial charge is 0.226 e. The van der Waals surface area contributed by atoms with Crippen LogP contribution in [-0.4, -0.2) is 10.9 Å². The topological polar surface area (TPSA) is 29.1 Å². The summed E-state index contributed by atoms with van der Waals surface area (Å²) in [6.07, 6.45) is 8.14. The van der Waals surface area contributed by atoms with Gasteiger partial charge < -0.3 is 5.32 Å². The minimum absolute atomic E-state index is 0.0348. The van der Waals surface area contributed by atoms with E-state index in [-0.39, 0.29) is 5.91 Å². The van der Waals surface area contributed by atoms with Crippen molar-refractivity contribution in [2.24, 2.45) is 5.41 Å². The summed E-state index contributed by atoms with van der Waals surface area (Å²) in [7, 11) is 0. The molecule has 0 radical (unpaired) electrons. The molecular weight excluding hydrogens is 198 g/mol. The first-order chi connectivity index (χ1) is 6.33. The molecule has 0 bridgehead atoms. The van der Waals surface area contributed by atoms with Crippen molar-refractivity contribution in [3.05, 3.63) is 24.3 Å². The van der Waals surface area contributed by atoms with Gasteiger partial charge in [0.05, 0.1) is 0 Å². The van der Waals surface area contributed by atoms with Crippen LogP contribution < -0.4 is 5.32 Å². The average molecular weight is 214 g/mol. The lowest BCUT2D eigenvalue weighted by Crippen LogP contribution is -2.47. The minimum Gasteiger partial charge on any atom is -0.333 e. The Morgan fingerprint density at radius 3 is 2.50 bits per heavy atom. The van der Waals surface area contributed by atoms with Crippen LogP contribution in [0.5, 0.6) is 0 Å². The molecule has 0 saturated carbocycles. The fraction of sp³-hybridized carbons (Fsp3) is 0.545. The summed E-state index contributed by atoms with van der Waals surface area (Å²) < 4.78 is 0. The summed E-state index contributed by atoms with van der Waals surface area (Å²) in [5.74, 6) is -0.0348. The molecule has 1 amide bonds. The van der Waals surface area contributed by atoms with Gasteiger partial charge in [0.2, 0.25) is 5.91 Å². The molecule has 78 valence electrons. The maximum Gasteiger partial charge on any atom is 0.226 e. The van der Waals surface area contributed by atoms with E-state index in [1.54, 1.807) is 6.08 Å². The Morgan fingerprint density at radius 2 is 2.07 bits per heavy atom. The van der Waals surface area contributed by atoms with Gasteiger partial charge in [-0.2, -0.15) is 0 Å². The highest BCUT2D eigenvalue weighted by molar-refractivity contribution is 6.26. The number of hydrogen-bond donors (Lipinski definition) is 1. The van der Waals surface area contributed by atoms with E-state index in [4.69, 9.17) is 11.6 Å². The molecule has 0 saturated heterocycles. The number of nitrogens with one attached hydrogen (secondary N) is 1. The molecular formula is C11H16ClNO. The van der Waals surface area contributed by atoms with Crippen molar-refractivity contribution >= 4 is 17.5 Å². The van der Waals surface area contributed by atoms with Crippen molar-refractivity contribution in [1.82, 2.24) is 5.32 Å². The Morgan fingerprint density at radius 1 is 1.43 bits per heavy atom. The van der Waals surface area contributed by atoms with Gasteiger partial charge in [0.1, 0.15) is 5.00 Å². The van der Waals surface area contributed by atoms with E-state index in [0.29, 0.717) is 6.42 Å². The van der Waals surface area contributed by atoms with E-state index in [2.05, 4.69) is 5.32 Å². The second kappa shape index (κ2) is 3.77. The molecule has 1 rings (SSSR count). The third-order valence-electron chi connectivity index (χ3n) is 2.03. The second-order valence-corrected chi connectivity index (χ2v) is 5.23. The van der Waals surface area contributed by atoms with E-state index < -0.39 is 10.4 Å². The van der Waals surface area contributed by atoms with E-state index in [9.17, 15) is 4.79 Å². The lowest BCUT2D eigenvalue weighted by atomic mass is 9.94. The van der Waals surface area contributed by atoms with Gasteiger partial charge in [-0.15, -0.1) is 0 Å². The minimum atomic E-state index is -0.737. The molecule has 0 heterocycles. The Labute approximate surface area is 90.0 Å². The molecule has 1 aliphatic carbocycles. The van der Waals surface area contributed by atoms with Crippen molar-refractivity contribution in [2.75, 3.05) is 0 Å². The molecule has 1 N–H and O–H groups in total. The third-order valence-corrected chi connectivity index (χ3v) is 2.40. The highest BCUT2D eigenvalue weighted by Gasteiger charge is 2.31. The largest absolute Gasteiger partial charge is 0.333 e. The standard InChI is InChI=1S/C11H16ClNO/c1-10(2,3)9(14)13-11(12)7-5-4-6-8-11/h4-7H,8H2,1-3H3,(H,13,14). The number of alkyl halides is 1. The molecule has 0 spiro atoms. The Balaban J connectivity index is 2.65. The van der Waals surface area contributed by atoms with E-state index in [0.717, 1.165) is 0 Å². The number of carbonyl (C=O) groups excluding carboxylic acids is 1. The van der Waals surface area contributed by atoms with Gasteiger partial charge in [0.25, 0.3) is 0 Å². The summed E-state index contributed by atoms with van der Waals surface area (Å²) in [5, 5.41) is 2.82. The first kappa shape index (κ1) is 11.3. The summed E-state index contributed by atoms with van der Waals surface area (Å²) in [4.78, 5) is 10.9. The zero-order chi connectivity index (χ0) is 10.8. The molecule has 0 aromatic rings. The van der Waals surface area contributed by atoms with Crippen LogP contribution in [0.4, 0.5) is 0 Å². The van der Waals surface area contributed by atoms with Crippen LogP contribution in [0.25, 0.3) is 0 Å². The van der Waals surface area contributed by atoms with Gasteiger partial charge in [-0.05, 0) is 6.08 Å². The van der Waals surface area contributed by atoms with Crippen molar-refractivity contribution < 1.29 is 4.79 Å². The van der Waals surface area contributed by atoms with Crippen LogP contribution in [0.1, 0.15) is 27.2 Å². The van der Waals surface area contributed by atoms with Gasteiger partial charge in [-0.25, -0.2) is 0 Å². The second-order valence-electron chi connectivity index (χ2n) is 4.56. The van der Waals surface area contributed by atoms with Gasteiger partial charge >= 0.3 is 0 Å². The van der Waals surface area contributed by atoms with Crippen molar-refractivity contribution in [3.63, 3.8) is 0 Å². The van der Waals surface area contributed by atoms with Gasteiger partial charge in [0.15, 0.2) is 0 Å². The molecule has 1 atom stereocenters. The molecule has 1 unspecified atom stereocenters. The SMILES string of the molecule is CC(C)(C)C(=O)NC1(Cl)C=CC=CC1. The van der Waals surface area contributed by atoms with E-state index >= 15 is 0 Å². The normalized spacial score (nSPS) is 26.3. The molecule has 0 aliphatic heterocycles. The van der Waals surface area contributed by atoms with Crippen molar-refractivity contribution in [1.29, 1.82) is 0 Å². The van der Waals surface area contributed by atoms with Crippen molar-refractivity contribution in [2.45, 2.75) is 32.2 Å². The highest BCUT2D eigenvalue weighted by atomic mass is 35.5. The first-order valence-electron chi connectivity index (χ1n) is 4.69. The summed E-state index contributed by atoms with van der Waals surface area (Å²) in [5.41, 5.74) is -0.406. The van der Waals surface area contributed by atoms with E-state index in [1.807, 2.05) is 39.0 Å². The zero-order valence-corrected chi connectivity index (χ0v) is 9.56. The number of hydrogen-bond acceptors (Lipinski definition) is 1. The Bertz CT molecular complexity index is 288. The molecule has 1 aliphatic rings. The van der Waals surface area contributed by atoms with Crippen LogP contribution in [0.2, 0.25) is 0 Å². The molecule has 0 fully saturated rings. The number of rotatable bonds is 1. The fourth-order valence-corrected chi connectivity index (χ4v) is 1.31. The van der Waals surface area contributed by atoms with Crippen LogP contribution in [0, 0.1) is 5.41 Å². The van der Waals surface area contributed by atoms with Crippen LogP contribution in [-0.2, 0) is 4.79 Å². The van der Waals surface area contributed by atoms with Gasteiger partial charge in [0, 0.05) is 11.8 Å². The van der Waals surface area contributed by atoms with Crippen LogP contribution in [0.3, 0.4) is 0 Å². The number of allylic oxidation sites excluding steroid dienone is 2. The summed E-state index contributed by atoms with van der Waals surface area (Å²) >= 11 is 6.21. The molecule has 14 heavy (non-hydrogen) atoms. The van der Waals surface area contributed by atoms with Gasteiger partial charge in [-0.3, -0.25) is 4.79 Å². The molecule has 3 heteroatoms. The molecule has 0 aromatic carbocycles. The number of halogens is 1. The fourth-order valence-electron chi connectivity index (χ4n) is 1.06. The molecule has 2 nitrogen and oxygen atoms in total. The average Bonchev–Trinajstić information content (AvgIpc) is 2.02. The first-order valence-corrected chi connectivity index (χ1v) is 5.07. The summed E-state index contributed by atoms with van der Waals surface area (Å²) in [6, 6.07) is 0. The Kier molecular flexibility index (Phi) is 3.05. The number of amides is 1. The highest BCUT2D eigenvalue weighted by Crippen LogP contribution is 2.24.